The number of hydrogen-bond acceptors (Lipinski definition) is 5. The average molecular weight is 272 g/mol. The van der Waals surface area contributed by atoms with Gasteiger partial charge in [0.05, 0.1) is 13.0 Å². The van der Waals surface area contributed by atoms with Crippen LogP contribution in [0.3, 0.4) is 0 Å². The molecule has 1 rings (SSSR count). The zero-order valence-electron chi connectivity index (χ0n) is 12.0. The Kier molecular flexibility index (Phi) is 5.75. The Morgan fingerprint density at radius 1 is 1.26 bits per heavy atom. The van der Waals surface area contributed by atoms with Crippen molar-refractivity contribution in [3.8, 4) is 0 Å². The van der Waals surface area contributed by atoms with Gasteiger partial charge in [0.25, 0.3) is 0 Å². The van der Waals surface area contributed by atoms with Crippen molar-refractivity contribution in [3.05, 3.63) is 0 Å². The van der Waals surface area contributed by atoms with E-state index < -0.39 is 0 Å². The summed E-state index contributed by atoms with van der Waals surface area (Å²) in [6.07, 6.45) is 1.51. The number of amides is 1. The minimum atomic E-state index is -0.354. The van der Waals surface area contributed by atoms with Crippen LogP contribution in [0.2, 0.25) is 0 Å². The molecule has 0 bridgehead atoms. The molecular formula is C13H24N2O4. The maximum Gasteiger partial charge on any atom is 0.342 e. The van der Waals surface area contributed by atoms with Gasteiger partial charge in [-0.1, -0.05) is 20.8 Å². The summed E-state index contributed by atoms with van der Waals surface area (Å²) in [4.78, 5) is 34.5. The van der Waals surface area contributed by atoms with E-state index in [2.05, 4.69) is 0 Å². The third-order valence-electron chi connectivity index (χ3n) is 2.92. The summed E-state index contributed by atoms with van der Waals surface area (Å²) in [7, 11) is 0. The van der Waals surface area contributed by atoms with E-state index in [9.17, 15) is 9.59 Å². The van der Waals surface area contributed by atoms with Crippen LogP contribution in [0, 0.1) is 5.41 Å². The molecule has 0 unspecified atom stereocenters. The molecule has 0 aromatic carbocycles. The van der Waals surface area contributed by atoms with Gasteiger partial charge in [0.2, 0.25) is 5.91 Å². The second kappa shape index (κ2) is 6.86. The highest BCUT2D eigenvalue weighted by atomic mass is 17.2. The molecule has 110 valence electrons. The second-order valence-electron chi connectivity index (χ2n) is 6.07. The minimum absolute atomic E-state index is 0.0338. The van der Waals surface area contributed by atoms with E-state index in [4.69, 9.17) is 15.5 Å². The lowest BCUT2D eigenvalue weighted by molar-refractivity contribution is -0.304. The zero-order chi connectivity index (χ0) is 14.5. The Bertz CT molecular complexity index is 317. The van der Waals surface area contributed by atoms with Crippen LogP contribution in [0.25, 0.3) is 0 Å². The summed E-state index contributed by atoms with van der Waals surface area (Å²) < 4.78 is 0. The standard InChI is InChI=1S/C13H24N2O4/c1-13(2,3)8-12(17)19-18-10-4-6-15(7-5-10)11(16)9-14/h10H,4-9,14H2,1-3H3. The lowest BCUT2D eigenvalue weighted by atomic mass is 9.93. The van der Waals surface area contributed by atoms with E-state index >= 15 is 0 Å². The van der Waals surface area contributed by atoms with Crippen molar-refractivity contribution in [1.29, 1.82) is 0 Å². The number of likely N-dealkylation sites (tertiary alicyclic amines) is 1. The summed E-state index contributed by atoms with van der Waals surface area (Å²) in [6.45, 7) is 7.11. The monoisotopic (exact) mass is 272 g/mol. The van der Waals surface area contributed by atoms with E-state index in [1.807, 2.05) is 20.8 Å². The van der Waals surface area contributed by atoms with Crippen molar-refractivity contribution >= 4 is 11.9 Å². The summed E-state index contributed by atoms with van der Waals surface area (Å²) in [6, 6.07) is 0. The first kappa shape index (κ1) is 15.9. The van der Waals surface area contributed by atoms with Crippen molar-refractivity contribution in [1.82, 2.24) is 4.90 Å². The number of nitrogens with two attached hydrogens (primary N) is 1. The van der Waals surface area contributed by atoms with Crippen molar-refractivity contribution in [2.45, 2.75) is 46.1 Å². The van der Waals surface area contributed by atoms with Crippen LogP contribution < -0.4 is 5.73 Å². The molecule has 0 radical (unpaired) electrons. The SMILES string of the molecule is CC(C)(C)CC(=O)OOC1CCN(C(=O)CN)CC1. The van der Waals surface area contributed by atoms with Gasteiger partial charge in [-0.05, 0) is 18.3 Å². The lowest BCUT2D eigenvalue weighted by Crippen LogP contribution is -2.43. The molecule has 6 nitrogen and oxygen atoms in total. The van der Waals surface area contributed by atoms with Crippen LogP contribution in [0.1, 0.15) is 40.0 Å². The molecule has 1 aliphatic rings. The van der Waals surface area contributed by atoms with Gasteiger partial charge >= 0.3 is 5.97 Å². The fraction of sp³-hybridized carbons (Fsp3) is 0.846. The van der Waals surface area contributed by atoms with E-state index in [0.717, 1.165) is 0 Å². The van der Waals surface area contributed by atoms with E-state index in [1.165, 1.54) is 0 Å². The molecule has 0 aromatic rings. The third kappa shape index (κ3) is 6.02. The number of rotatable bonds is 4. The molecule has 1 heterocycles. The number of carbonyl (C=O) groups excluding carboxylic acids is 2. The third-order valence-corrected chi connectivity index (χ3v) is 2.92. The number of hydrogen-bond donors (Lipinski definition) is 1. The molecule has 1 saturated heterocycles. The minimum Gasteiger partial charge on any atom is -0.341 e. The largest absolute Gasteiger partial charge is 0.342 e. The molecule has 0 atom stereocenters. The molecule has 2 N–H and O–H groups in total. The first-order valence-electron chi connectivity index (χ1n) is 6.66. The molecule has 19 heavy (non-hydrogen) atoms. The highest BCUT2D eigenvalue weighted by Crippen LogP contribution is 2.20. The van der Waals surface area contributed by atoms with E-state index in [0.29, 0.717) is 32.4 Å². The number of nitrogens with zero attached hydrogens (tertiary/aromatic N) is 1. The maximum atomic E-state index is 11.5. The predicted molar refractivity (Wildman–Crippen MR) is 69.9 cm³/mol. The Morgan fingerprint density at radius 2 is 1.84 bits per heavy atom. The van der Waals surface area contributed by atoms with Crippen molar-refractivity contribution in [2.24, 2.45) is 11.1 Å². The fourth-order valence-electron chi connectivity index (χ4n) is 1.91. The van der Waals surface area contributed by atoms with Gasteiger partial charge in [0, 0.05) is 13.1 Å². The van der Waals surface area contributed by atoms with Crippen LogP contribution in [0.15, 0.2) is 0 Å². The number of carbonyl (C=O) groups is 2. The van der Waals surface area contributed by atoms with Crippen LogP contribution >= 0.6 is 0 Å². The lowest BCUT2D eigenvalue weighted by Gasteiger charge is -2.30. The highest BCUT2D eigenvalue weighted by Gasteiger charge is 2.25. The normalized spacial score (nSPS) is 17.4. The number of piperidine rings is 1. The van der Waals surface area contributed by atoms with Crippen LogP contribution in [0.5, 0.6) is 0 Å². The van der Waals surface area contributed by atoms with Gasteiger partial charge in [0.1, 0.15) is 6.10 Å². The van der Waals surface area contributed by atoms with Gasteiger partial charge in [-0.3, -0.25) is 9.68 Å². The van der Waals surface area contributed by atoms with Crippen LogP contribution in [-0.4, -0.2) is 42.5 Å². The topological polar surface area (TPSA) is 81.9 Å². The average Bonchev–Trinajstić information content (AvgIpc) is 2.34. The molecule has 6 heteroatoms. The Balaban J connectivity index is 2.23. The van der Waals surface area contributed by atoms with E-state index in [-0.39, 0.29) is 29.9 Å². The highest BCUT2D eigenvalue weighted by molar-refractivity contribution is 5.78. The fourth-order valence-corrected chi connectivity index (χ4v) is 1.91. The summed E-state index contributed by atoms with van der Waals surface area (Å²) in [5.74, 6) is -0.406. The second-order valence-corrected chi connectivity index (χ2v) is 6.07. The first-order valence-corrected chi connectivity index (χ1v) is 6.66. The molecule has 1 aliphatic heterocycles. The quantitative estimate of drug-likeness (QED) is 0.606. The Labute approximate surface area is 114 Å². The van der Waals surface area contributed by atoms with Crippen molar-refractivity contribution in [2.75, 3.05) is 19.6 Å². The first-order chi connectivity index (χ1) is 8.81. The summed E-state index contributed by atoms with van der Waals surface area (Å²) in [5, 5.41) is 0. The zero-order valence-corrected chi connectivity index (χ0v) is 12.0. The van der Waals surface area contributed by atoms with E-state index in [1.54, 1.807) is 4.90 Å². The summed E-state index contributed by atoms with van der Waals surface area (Å²) >= 11 is 0. The molecule has 0 spiro atoms. The Hall–Kier alpha value is -1.14. The molecule has 0 aromatic heterocycles. The molecule has 0 saturated carbocycles. The predicted octanol–water partition coefficient (Wildman–Crippen LogP) is 0.847. The Morgan fingerprint density at radius 3 is 2.32 bits per heavy atom. The molecule has 1 amide bonds. The van der Waals surface area contributed by atoms with Gasteiger partial charge < -0.3 is 10.6 Å². The van der Waals surface area contributed by atoms with Crippen LogP contribution in [0.4, 0.5) is 0 Å². The summed E-state index contributed by atoms with van der Waals surface area (Å²) in [5.41, 5.74) is 5.19. The van der Waals surface area contributed by atoms with Crippen LogP contribution in [-0.2, 0) is 19.4 Å². The van der Waals surface area contributed by atoms with Gasteiger partial charge in [-0.2, -0.15) is 4.89 Å². The van der Waals surface area contributed by atoms with Crippen molar-refractivity contribution in [3.63, 3.8) is 0 Å². The maximum absolute atomic E-state index is 11.5. The molecule has 1 fully saturated rings. The smallest absolute Gasteiger partial charge is 0.341 e. The van der Waals surface area contributed by atoms with Crippen molar-refractivity contribution < 1.29 is 19.4 Å². The van der Waals surface area contributed by atoms with Gasteiger partial charge in [0.15, 0.2) is 0 Å². The molecule has 0 aliphatic carbocycles. The molecular weight excluding hydrogens is 248 g/mol. The van der Waals surface area contributed by atoms with Gasteiger partial charge in [-0.25, -0.2) is 4.79 Å². The van der Waals surface area contributed by atoms with Gasteiger partial charge in [-0.15, -0.1) is 0 Å².